The Bertz CT molecular complexity index is 741. The lowest BCUT2D eigenvalue weighted by Crippen LogP contribution is -2.22. The molecular formula is C15H13N3O3S. The Morgan fingerprint density at radius 2 is 2.00 bits per heavy atom. The molecule has 0 fully saturated rings. The first kappa shape index (κ1) is 14.4. The van der Waals surface area contributed by atoms with E-state index in [1.807, 2.05) is 30.3 Å². The maximum absolute atomic E-state index is 12.1. The molecule has 3 aromatic rings. The maximum atomic E-state index is 12.1. The molecule has 0 spiro atoms. The van der Waals surface area contributed by atoms with Crippen LogP contribution in [0, 0.1) is 0 Å². The summed E-state index contributed by atoms with van der Waals surface area (Å²) in [5.74, 6) is 0.665. The second kappa shape index (κ2) is 6.48. The van der Waals surface area contributed by atoms with E-state index in [2.05, 4.69) is 15.5 Å². The first-order valence-corrected chi connectivity index (χ1v) is 7.50. The molecule has 2 heterocycles. The molecule has 22 heavy (non-hydrogen) atoms. The van der Waals surface area contributed by atoms with E-state index in [4.69, 9.17) is 8.83 Å². The summed E-state index contributed by atoms with van der Waals surface area (Å²) in [6.07, 6.45) is 1.53. The first-order chi connectivity index (χ1) is 10.7. The van der Waals surface area contributed by atoms with E-state index in [0.717, 1.165) is 5.69 Å². The molecule has 0 bridgehead atoms. The standard InChI is InChI=1S/C15H13N3O3S/c1-10(13(19)16-11-6-3-2-4-7-11)22-15-18-17-14(21-15)12-8-5-9-20-12/h2-10H,1H3,(H,16,19)/t10-/m1/s1. The highest BCUT2D eigenvalue weighted by molar-refractivity contribution is 8.00. The zero-order valence-electron chi connectivity index (χ0n) is 11.7. The number of aromatic nitrogens is 2. The lowest BCUT2D eigenvalue weighted by molar-refractivity contribution is -0.115. The van der Waals surface area contributed by atoms with E-state index < -0.39 is 0 Å². The van der Waals surface area contributed by atoms with E-state index in [1.165, 1.54) is 18.0 Å². The van der Waals surface area contributed by atoms with Gasteiger partial charge in [-0.15, -0.1) is 10.2 Å². The average molecular weight is 315 g/mol. The molecule has 1 atom stereocenters. The predicted molar refractivity (Wildman–Crippen MR) is 82.4 cm³/mol. The van der Waals surface area contributed by atoms with E-state index in [0.29, 0.717) is 16.9 Å². The third-order valence-corrected chi connectivity index (χ3v) is 3.76. The van der Waals surface area contributed by atoms with Crippen LogP contribution in [0.15, 0.2) is 62.8 Å². The van der Waals surface area contributed by atoms with Gasteiger partial charge in [0.2, 0.25) is 5.91 Å². The Labute approximate surface area is 130 Å². The van der Waals surface area contributed by atoms with Gasteiger partial charge in [0.05, 0.1) is 11.5 Å². The monoisotopic (exact) mass is 315 g/mol. The van der Waals surface area contributed by atoms with Crippen molar-refractivity contribution in [2.75, 3.05) is 5.32 Å². The molecule has 0 saturated heterocycles. The second-order valence-corrected chi connectivity index (χ2v) is 5.76. The highest BCUT2D eigenvalue weighted by Gasteiger charge is 2.19. The number of hydrogen-bond donors (Lipinski definition) is 1. The number of rotatable bonds is 5. The molecule has 0 aliphatic carbocycles. The molecule has 0 aliphatic rings. The van der Waals surface area contributed by atoms with Gasteiger partial charge in [0, 0.05) is 5.69 Å². The summed E-state index contributed by atoms with van der Waals surface area (Å²) >= 11 is 1.20. The number of furan rings is 1. The van der Waals surface area contributed by atoms with Gasteiger partial charge >= 0.3 is 0 Å². The van der Waals surface area contributed by atoms with Gasteiger partial charge in [-0.2, -0.15) is 0 Å². The number of nitrogens with one attached hydrogen (secondary N) is 1. The Balaban J connectivity index is 1.62. The normalized spacial score (nSPS) is 12.0. The zero-order chi connectivity index (χ0) is 15.4. The topological polar surface area (TPSA) is 81.2 Å². The number of benzene rings is 1. The highest BCUT2D eigenvalue weighted by Crippen LogP contribution is 2.26. The third-order valence-electron chi connectivity index (χ3n) is 2.83. The van der Waals surface area contributed by atoms with Crippen molar-refractivity contribution in [1.82, 2.24) is 10.2 Å². The van der Waals surface area contributed by atoms with Crippen molar-refractivity contribution in [3.63, 3.8) is 0 Å². The number of carbonyl (C=O) groups excluding carboxylic acids is 1. The SMILES string of the molecule is C[C@@H](Sc1nnc(-c2ccco2)o1)C(=O)Nc1ccccc1. The maximum Gasteiger partial charge on any atom is 0.284 e. The Kier molecular flexibility index (Phi) is 4.24. The minimum Gasteiger partial charge on any atom is -0.459 e. The largest absolute Gasteiger partial charge is 0.459 e. The summed E-state index contributed by atoms with van der Waals surface area (Å²) in [5.41, 5.74) is 0.752. The molecule has 1 aromatic carbocycles. The molecule has 0 aliphatic heterocycles. The summed E-state index contributed by atoms with van der Waals surface area (Å²) < 4.78 is 10.6. The van der Waals surface area contributed by atoms with Gasteiger partial charge in [-0.1, -0.05) is 30.0 Å². The molecule has 7 heteroatoms. The van der Waals surface area contributed by atoms with Gasteiger partial charge in [0.15, 0.2) is 5.76 Å². The van der Waals surface area contributed by atoms with Crippen LogP contribution in [-0.2, 0) is 4.79 Å². The van der Waals surface area contributed by atoms with Crippen LogP contribution in [0.3, 0.4) is 0 Å². The number of anilines is 1. The molecule has 0 unspecified atom stereocenters. The van der Waals surface area contributed by atoms with Crippen LogP contribution in [-0.4, -0.2) is 21.4 Å². The highest BCUT2D eigenvalue weighted by atomic mass is 32.2. The van der Waals surface area contributed by atoms with Gasteiger partial charge in [-0.25, -0.2) is 0 Å². The Morgan fingerprint density at radius 1 is 1.18 bits per heavy atom. The number of hydrogen-bond acceptors (Lipinski definition) is 6. The van der Waals surface area contributed by atoms with Crippen LogP contribution in [0.4, 0.5) is 5.69 Å². The van der Waals surface area contributed by atoms with Gasteiger partial charge in [0.1, 0.15) is 0 Å². The van der Waals surface area contributed by atoms with Gasteiger partial charge in [-0.05, 0) is 31.2 Å². The molecular weight excluding hydrogens is 302 g/mol. The fraction of sp³-hybridized carbons (Fsp3) is 0.133. The minimum absolute atomic E-state index is 0.131. The van der Waals surface area contributed by atoms with Crippen LogP contribution < -0.4 is 5.32 Å². The summed E-state index contributed by atoms with van der Waals surface area (Å²) in [5, 5.41) is 10.6. The third kappa shape index (κ3) is 3.37. The molecule has 3 rings (SSSR count). The molecule has 0 radical (unpaired) electrons. The zero-order valence-corrected chi connectivity index (χ0v) is 12.5. The van der Waals surface area contributed by atoms with Crippen molar-refractivity contribution >= 4 is 23.4 Å². The molecule has 0 saturated carbocycles. The summed E-state index contributed by atoms with van der Waals surface area (Å²) in [7, 11) is 0. The van der Waals surface area contributed by atoms with Gasteiger partial charge in [0.25, 0.3) is 11.1 Å². The van der Waals surface area contributed by atoms with Crippen molar-refractivity contribution in [2.24, 2.45) is 0 Å². The predicted octanol–water partition coefficient (Wildman–Crippen LogP) is 3.45. The Hall–Kier alpha value is -2.54. The molecule has 1 N–H and O–H groups in total. The average Bonchev–Trinajstić information content (AvgIpc) is 3.19. The van der Waals surface area contributed by atoms with E-state index in [9.17, 15) is 4.79 Å². The van der Waals surface area contributed by atoms with Crippen LogP contribution in [0.25, 0.3) is 11.7 Å². The summed E-state index contributed by atoms with van der Waals surface area (Å²) in [6, 6.07) is 12.7. The van der Waals surface area contributed by atoms with Crippen LogP contribution >= 0.6 is 11.8 Å². The molecule has 6 nitrogen and oxygen atoms in total. The minimum atomic E-state index is -0.370. The van der Waals surface area contributed by atoms with Crippen LogP contribution in [0.1, 0.15) is 6.92 Å². The number of nitrogens with zero attached hydrogens (tertiary/aromatic N) is 2. The van der Waals surface area contributed by atoms with E-state index in [1.54, 1.807) is 19.1 Å². The fourth-order valence-corrected chi connectivity index (χ4v) is 2.41. The summed E-state index contributed by atoms with van der Waals surface area (Å²) in [4.78, 5) is 12.1. The van der Waals surface area contributed by atoms with Gasteiger partial charge < -0.3 is 14.2 Å². The summed E-state index contributed by atoms with van der Waals surface area (Å²) in [6.45, 7) is 1.78. The fourth-order valence-electron chi connectivity index (χ4n) is 1.73. The Morgan fingerprint density at radius 3 is 2.73 bits per heavy atom. The smallest absolute Gasteiger partial charge is 0.284 e. The van der Waals surface area contributed by atoms with Crippen molar-refractivity contribution < 1.29 is 13.6 Å². The lowest BCUT2D eigenvalue weighted by Gasteiger charge is -2.09. The van der Waals surface area contributed by atoms with Crippen LogP contribution in [0.2, 0.25) is 0 Å². The van der Waals surface area contributed by atoms with E-state index >= 15 is 0 Å². The van der Waals surface area contributed by atoms with Crippen molar-refractivity contribution in [1.29, 1.82) is 0 Å². The quantitative estimate of drug-likeness (QED) is 0.726. The lowest BCUT2D eigenvalue weighted by atomic mass is 10.3. The molecule has 1 amide bonds. The van der Waals surface area contributed by atoms with Crippen molar-refractivity contribution in [3.05, 3.63) is 48.7 Å². The van der Waals surface area contributed by atoms with Crippen molar-refractivity contribution in [3.8, 4) is 11.7 Å². The number of thioether (sulfide) groups is 1. The second-order valence-electron chi connectivity index (χ2n) is 4.47. The number of para-hydroxylation sites is 1. The van der Waals surface area contributed by atoms with Crippen molar-refractivity contribution in [2.45, 2.75) is 17.4 Å². The number of carbonyl (C=O) groups is 1. The first-order valence-electron chi connectivity index (χ1n) is 6.62. The molecule has 2 aromatic heterocycles. The van der Waals surface area contributed by atoms with Gasteiger partial charge in [-0.3, -0.25) is 4.79 Å². The van der Waals surface area contributed by atoms with E-state index in [-0.39, 0.29) is 11.2 Å². The van der Waals surface area contributed by atoms with Crippen LogP contribution in [0.5, 0.6) is 0 Å². The number of amides is 1. The molecule has 112 valence electrons.